The zero-order valence-corrected chi connectivity index (χ0v) is 22.7. The fourth-order valence-electron chi connectivity index (χ4n) is 5.86. The van der Waals surface area contributed by atoms with E-state index in [4.69, 9.17) is 0 Å². The molecule has 0 heterocycles. The predicted octanol–water partition coefficient (Wildman–Crippen LogP) is 10.4. The van der Waals surface area contributed by atoms with E-state index in [1.807, 2.05) is 0 Å². The first-order chi connectivity index (χ1) is 18.8. The molecule has 1 aliphatic rings. The highest BCUT2D eigenvalue weighted by Gasteiger charge is 2.28. The second kappa shape index (κ2) is 13.1. The van der Waals surface area contributed by atoms with Crippen LogP contribution in [0.25, 0.3) is 11.1 Å². The lowest BCUT2D eigenvalue weighted by atomic mass is 9.76. The summed E-state index contributed by atoms with van der Waals surface area (Å²) >= 11 is 0. The molecule has 0 N–H and O–H groups in total. The van der Waals surface area contributed by atoms with Crippen LogP contribution in [0.1, 0.15) is 93.4 Å². The van der Waals surface area contributed by atoms with Gasteiger partial charge in [0.1, 0.15) is 0 Å². The summed E-state index contributed by atoms with van der Waals surface area (Å²) in [6, 6.07) is 8.86. The van der Waals surface area contributed by atoms with Gasteiger partial charge in [0.05, 0.1) is 0 Å². The van der Waals surface area contributed by atoms with Crippen LogP contribution in [0, 0.1) is 40.8 Å². The number of hydrogen-bond donors (Lipinski definition) is 0. The van der Waals surface area contributed by atoms with Crippen LogP contribution in [0.5, 0.6) is 0 Å². The molecule has 0 atom stereocenters. The van der Waals surface area contributed by atoms with E-state index in [2.05, 4.69) is 6.92 Å². The molecule has 6 heteroatoms. The van der Waals surface area contributed by atoms with E-state index >= 15 is 8.78 Å². The van der Waals surface area contributed by atoms with Crippen LogP contribution in [-0.2, 0) is 19.3 Å². The lowest BCUT2D eigenvalue weighted by molar-refractivity contribution is 0.303. The molecule has 0 bridgehead atoms. The molecule has 3 aromatic rings. The Morgan fingerprint density at radius 3 is 1.72 bits per heavy atom. The monoisotopic (exact) mass is 546 g/mol. The van der Waals surface area contributed by atoms with Gasteiger partial charge in [-0.1, -0.05) is 63.1 Å². The van der Waals surface area contributed by atoms with Crippen molar-refractivity contribution >= 4 is 0 Å². The van der Waals surface area contributed by atoms with Gasteiger partial charge in [0.25, 0.3) is 0 Å². The van der Waals surface area contributed by atoms with Crippen molar-refractivity contribution < 1.29 is 26.3 Å². The quantitative estimate of drug-likeness (QED) is 0.175. The lowest BCUT2D eigenvalue weighted by Gasteiger charge is -2.29. The van der Waals surface area contributed by atoms with Crippen LogP contribution in [0.3, 0.4) is 0 Å². The maximum Gasteiger partial charge on any atom is 0.167 e. The van der Waals surface area contributed by atoms with Crippen molar-refractivity contribution in [1.29, 1.82) is 0 Å². The van der Waals surface area contributed by atoms with E-state index in [0.29, 0.717) is 49.7 Å². The SMILES string of the molecule is CCCCCc1ccc(CCC2CCC(c3ccc(-c4ccc(CC)c(F)c4F)c(F)c3F)CC2)c(F)c1F. The van der Waals surface area contributed by atoms with E-state index in [1.54, 1.807) is 19.1 Å². The normalized spacial score (nSPS) is 17.5. The van der Waals surface area contributed by atoms with E-state index in [9.17, 15) is 17.6 Å². The lowest BCUT2D eigenvalue weighted by Crippen LogP contribution is -2.16. The molecule has 4 rings (SSSR count). The Kier molecular flexibility index (Phi) is 9.79. The van der Waals surface area contributed by atoms with Crippen LogP contribution in [0.4, 0.5) is 26.3 Å². The van der Waals surface area contributed by atoms with Crippen molar-refractivity contribution in [3.8, 4) is 11.1 Å². The maximum atomic E-state index is 15.1. The average Bonchev–Trinajstić information content (AvgIpc) is 2.94. The Hall–Kier alpha value is -2.76. The average molecular weight is 547 g/mol. The summed E-state index contributed by atoms with van der Waals surface area (Å²) in [4.78, 5) is 0. The maximum absolute atomic E-state index is 15.1. The van der Waals surface area contributed by atoms with Crippen molar-refractivity contribution in [2.24, 2.45) is 5.92 Å². The van der Waals surface area contributed by atoms with E-state index in [1.165, 1.54) is 24.3 Å². The molecule has 1 aliphatic carbocycles. The highest BCUT2D eigenvalue weighted by Crippen LogP contribution is 2.41. The number of hydrogen-bond acceptors (Lipinski definition) is 0. The molecule has 39 heavy (non-hydrogen) atoms. The Morgan fingerprint density at radius 1 is 0.564 bits per heavy atom. The van der Waals surface area contributed by atoms with Gasteiger partial charge >= 0.3 is 0 Å². The molecule has 0 aromatic heterocycles. The molecular formula is C33H36F6. The Balaban J connectivity index is 1.38. The van der Waals surface area contributed by atoms with Gasteiger partial charge in [-0.25, -0.2) is 26.3 Å². The van der Waals surface area contributed by atoms with E-state index in [-0.39, 0.29) is 34.1 Å². The van der Waals surface area contributed by atoms with Gasteiger partial charge in [0, 0.05) is 11.1 Å². The number of rotatable bonds is 10. The number of benzene rings is 3. The molecule has 210 valence electrons. The minimum atomic E-state index is -1.18. The molecule has 0 aliphatic heterocycles. The molecule has 0 nitrogen and oxygen atoms in total. The summed E-state index contributed by atoms with van der Waals surface area (Å²) < 4.78 is 88.1. The first-order valence-electron chi connectivity index (χ1n) is 14.2. The van der Waals surface area contributed by atoms with Gasteiger partial charge in [0.2, 0.25) is 0 Å². The highest BCUT2D eigenvalue weighted by atomic mass is 19.2. The third-order valence-electron chi connectivity index (χ3n) is 8.35. The molecule has 0 saturated heterocycles. The van der Waals surface area contributed by atoms with Crippen molar-refractivity contribution in [2.75, 3.05) is 0 Å². The van der Waals surface area contributed by atoms with Crippen molar-refractivity contribution in [3.05, 3.63) is 93.6 Å². The molecular weight excluding hydrogens is 510 g/mol. The number of unbranched alkanes of at least 4 members (excludes halogenated alkanes) is 2. The van der Waals surface area contributed by atoms with Crippen molar-refractivity contribution in [1.82, 2.24) is 0 Å². The Bertz CT molecular complexity index is 1290. The van der Waals surface area contributed by atoms with Crippen LogP contribution in [-0.4, -0.2) is 0 Å². The van der Waals surface area contributed by atoms with Gasteiger partial charge in [-0.2, -0.15) is 0 Å². The highest BCUT2D eigenvalue weighted by molar-refractivity contribution is 5.66. The topological polar surface area (TPSA) is 0 Å². The van der Waals surface area contributed by atoms with Gasteiger partial charge in [-0.05, 0) is 91.9 Å². The summed E-state index contributed by atoms with van der Waals surface area (Å²) in [6.07, 6.45) is 7.62. The summed E-state index contributed by atoms with van der Waals surface area (Å²) in [5, 5.41) is 0. The van der Waals surface area contributed by atoms with Gasteiger partial charge in [-0.15, -0.1) is 0 Å². The molecule has 3 aromatic carbocycles. The minimum Gasteiger partial charge on any atom is -0.203 e. The van der Waals surface area contributed by atoms with E-state index < -0.39 is 34.9 Å². The number of halogens is 6. The molecule has 0 spiro atoms. The predicted molar refractivity (Wildman–Crippen MR) is 144 cm³/mol. The molecule has 1 saturated carbocycles. The van der Waals surface area contributed by atoms with Crippen LogP contribution >= 0.6 is 0 Å². The minimum absolute atomic E-state index is 0.179. The molecule has 0 amide bonds. The van der Waals surface area contributed by atoms with Crippen molar-refractivity contribution in [2.45, 2.75) is 90.4 Å². The third-order valence-corrected chi connectivity index (χ3v) is 8.35. The van der Waals surface area contributed by atoms with Crippen LogP contribution in [0.2, 0.25) is 0 Å². The van der Waals surface area contributed by atoms with Gasteiger partial charge in [-0.3, -0.25) is 0 Å². The van der Waals surface area contributed by atoms with Crippen molar-refractivity contribution in [3.63, 3.8) is 0 Å². The fraction of sp³-hybridized carbons (Fsp3) is 0.455. The zero-order chi connectivity index (χ0) is 28.1. The summed E-state index contributed by atoms with van der Waals surface area (Å²) in [7, 11) is 0. The Morgan fingerprint density at radius 2 is 1.10 bits per heavy atom. The van der Waals surface area contributed by atoms with Crippen LogP contribution < -0.4 is 0 Å². The second-order valence-electron chi connectivity index (χ2n) is 10.8. The number of aryl methyl sites for hydroxylation is 3. The second-order valence-corrected chi connectivity index (χ2v) is 10.8. The molecule has 1 fully saturated rings. The molecule has 0 radical (unpaired) electrons. The smallest absolute Gasteiger partial charge is 0.167 e. The van der Waals surface area contributed by atoms with Gasteiger partial charge < -0.3 is 0 Å². The fourth-order valence-corrected chi connectivity index (χ4v) is 5.86. The first-order valence-corrected chi connectivity index (χ1v) is 14.2. The largest absolute Gasteiger partial charge is 0.203 e. The third kappa shape index (κ3) is 6.36. The molecule has 0 unspecified atom stereocenters. The van der Waals surface area contributed by atoms with Gasteiger partial charge in [0.15, 0.2) is 34.9 Å². The standard InChI is InChI=1S/C33H36F6/c1-3-5-6-7-23-14-15-24(30(36)29(23)35)13-10-20-8-11-22(12-9-20)25-18-19-27(33(39)31(25)37)26-17-16-21(4-2)28(34)32(26)38/h14-20,22H,3-13H2,1-2H3. The summed E-state index contributed by atoms with van der Waals surface area (Å²) in [5.41, 5.74) is 0.638. The summed E-state index contributed by atoms with van der Waals surface area (Å²) in [5.74, 6) is -5.81. The first kappa shape index (κ1) is 29.2. The van der Waals surface area contributed by atoms with Crippen LogP contribution in [0.15, 0.2) is 36.4 Å². The summed E-state index contributed by atoms with van der Waals surface area (Å²) in [6.45, 7) is 3.75. The van der Waals surface area contributed by atoms with E-state index in [0.717, 1.165) is 32.1 Å². The zero-order valence-electron chi connectivity index (χ0n) is 22.7. The Labute approximate surface area is 227 Å².